The van der Waals surface area contributed by atoms with Gasteiger partial charge in [-0.15, -0.1) is 0 Å². The van der Waals surface area contributed by atoms with Crippen LogP contribution in [0.5, 0.6) is 0 Å². The van der Waals surface area contributed by atoms with E-state index in [0.717, 1.165) is 23.9 Å². The standard InChI is InChI=1S/C23H29FN4O4/c1-23(2,24)16-10-14(13-4-5-13)11-17-19(16)25-20(26(17)3)21(30)27-8-6-15(7-9-27)28-18(29)12-32-22(28)31/h10-11,13,15,18,29H,4-9,12H2,1-3H3. The van der Waals surface area contributed by atoms with Crippen LogP contribution in [0.1, 0.15) is 67.2 Å². The summed E-state index contributed by atoms with van der Waals surface area (Å²) in [4.78, 5) is 32.9. The van der Waals surface area contributed by atoms with Crippen molar-refractivity contribution in [2.75, 3.05) is 19.7 Å². The van der Waals surface area contributed by atoms with Crippen LogP contribution in [0.15, 0.2) is 12.1 Å². The molecule has 0 spiro atoms. The van der Waals surface area contributed by atoms with Crippen molar-refractivity contribution in [1.29, 1.82) is 0 Å². The fourth-order valence-corrected chi connectivity index (χ4v) is 4.91. The number of aliphatic hydroxyl groups excluding tert-OH is 1. The highest BCUT2D eigenvalue weighted by Crippen LogP contribution is 2.43. The molecule has 1 aromatic heterocycles. The van der Waals surface area contributed by atoms with Crippen LogP contribution in [0.2, 0.25) is 0 Å². The zero-order chi connectivity index (χ0) is 22.8. The second-order valence-corrected chi connectivity index (χ2v) is 9.67. The predicted molar refractivity (Wildman–Crippen MR) is 115 cm³/mol. The van der Waals surface area contributed by atoms with Gasteiger partial charge in [-0.2, -0.15) is 0 Å². The summed E-state index contributed by atoms with van der Waals surface area (Å²) in [6.07, 6.45) is 1.88. The molecule has 32 heavy (non-hydrogen) atoms. The van der Waals surface area contributed by atoms with E-state index in [9.17, 15) is 14.7 Å². The average Bonchev–Trinajstić information content (AvgIpc) is 3.48. The van der Waals surface area contributed by atoms with Crippen LogP contribution in [0.4, 0.5) is 9.18 Å². The molecule has 8 nitrogen and oxygen atoms in total. The first-order chi connectivity index (χ1) is 15.1. The van der Waals surface area contributed by atoms with Crippen LogP contribution >= 0.6 is 0 Å². The monoisotopic (exact) mass is 444 g/mol. The lowest BCUT2D eigenvalue weighted by molar-refractivity contribution is 0.0158. The molecule has 0 bridgehead atoms. The van der Waals surface area contributed by atoms with Gasteiger partial charge < -0.3 is 19.3 Å². The third-order valence-corrected chi connectivity index (χ3v) is 6.92. The summed E-state index contributed by atoms with van der Waals surface area (Å²) in [7, 11) is 1.80. The molecule has 1 atom stereocenters. The minimum atomic E-state index is -1.57. The van der Waals surface area contributed by atoms with E-state index in [0.29, 0.717) is 42.9 Å². The van der Waals surface area contributed by atoms with Crippen LogP contribution < -0.4 is 0 Å². The molecular weight excluding hydrogens is 415 g/mol. The molecule has 2 saturated heterocycles. The Kier molecular flexibility index (Phi) is 4.92. The number of cyclic esters (lactones) is 1. The molecule has 2 aliphatic heterocycles. The molecule has 5 rings (SSSR count). The third-order valence-electron chi connectivity index (χ3n) is 6.92. The SMILES string of the molecule is Cn1c(C(=O)N2CCC(N3C(=O)OCC3O)CC2)nc2c(C(C)(C)F)cc(C3CC3)cc21. The van der Waals surface area contributed by atoms with Crippen LogP contribution in [-0.4, -0.2) is 68.4 Å². The number of hydrogen-bond donors (Lipinski definition) is 1. The molecule has 172 valence electrons. The second kappa shape index (κ2) is 7.43. The maximum Gasteiger partial charge on any atom is 0.412 e. The summed E-state index contributed by atoms with van der Waals surface area (Å²) in [6, 6.07) is 3.79. The van der Waals surface area contributed by atoms with E-state index in [1.807, 2.05) is 12.1 Å². The largest absolute Gasteiger partial charge is 0.445 e. The zero-order valence-corrected chi connectivity index (χ0v) is 18.7. The van der Waals surface area contributed by atoms with Gasteiger partial charge in [0.05, 0.1) is 11.0 Å². The number of ether oxygens (including phenoxy) is 1. The van der Waals surface area contributed by atoms with E-state index < -0.39 is 18.0 Å². The lowest BCUT2D eigenvalue weighted by atomic mass is 9.95. The number of alkyl halides is 1. The highest BCUT2D eigenvalue weighted by molar-refractivity contribution is 5.96. The van der Waals surface area contributed by atoms with Crippen molar-refractivity contribution in [2.45, 2.75) is 63.4 Å². The Morgan fingerprint density at radius 3 is 2.47 bits per heavy atom. The summed E-state index contributed by atoms with van der Waals surface area (Å²) in [5.41, 5.74) is 1.37. The van der Waals surface area contributed by atoms with E-state index >= 15 is 4.39 Å². The molecule has 2 amide bonds. The Labute approximate surface area is 185 Å². The number of carbonyl (C=O) groups excluding carboxylic acids is 2. The predicted octanol–water partition coefficient (Wildman–Crippen LogP) is 3.03. The molecule has 3 aliphatic rings. The van der Waals surface area contributed by atoms with Crippen LogP contribution in [-0.2, 0) is 17.5 Å². The Balaban J connectivity index is 1.41. The average molecular weight is 445 g/mol. The van der Waals surface area contributed by atoms with Crippen LogP contribution in [0, 0.1) is 0 Å². The molecule has 1 aliphatic carbocycles. The Morgan fingerprint density at radius 1 is 1.22 bits per heavy atom. The Morgan fingerprint density at radius 2 is 1.91 bits per heavy atom. The van der Waals surface area contributed by atoms with Gasteiger partial charge in [0.2, 0.25) is 0 Å². The fraction of sp³-hybridized carbons (Fsp3) is 0.609. The maximum atomic E-state index is 15.1. The van der Waals surface area contributed by atoms with E-state index in [4.69, 9.17) is 4.74 Å². The van der Waals surface area contributed by atoms with Gasteiger partial charge in [-0.3, -0.25) is 9.69 Å². The first-order valence-electron chi connectivity index (χ1n) is 11.3. The molecular formula is C23H29FN4O4. The number of nitrogens with zero attached hydrogens (tertiary/aromatic N) is 4. The number of amides is 2. The molecule has 0 radical (unpaired) electrons. The molecule has 1 unspecified atom stereocenters. The second-order valence-electron chi connectivity index (χ2n) is 9.67. The molecule has 3 heterocycles. The number of piperidine rings is 1. The fourth-order valence-electron chi connectivity index (χ4n) is 4.91. The highest BCUT2D eigenvalue weighted by Gasteiger charge is 2.39. The number of aromatic nitrogens is 2. The normalized spacial score (nSPS) is 22.7. The number of fused-ring (bicyclic) bond motifs is 1. The van der Waals surface area contributed by atoms with Crippen molar-refractivity contribution in [3.05, 3.63) is 29.1 Å². The lowest BCUT2D eigenvalue weighted by Gasteiger charge is -2.36. The van der Waals surface area contributed by atoms with Gasteiger partial charge in [0.15, 0.2) is 12.1 Å². The number of halogens is 1. The van der Waals surface area contributed by atoms with E-state index in [-0.39, 0.29) is 24.4 Å². The Bertz CT molecular complexity index is 1080. The molecule has 2 aromatic rings. The number of carbonyl (C=O) groups is 2. The highest BCUT2D eigenvalue weighted by atomic mass is 19.1. The lowest BCUT2D eigenvalue weighted by Crippen LogP contribution is -2.50. The topological polar surface area (TPSA) is 87.9 Å². The van der Waals surface area contributed by atoms with Gasteiger partial charge in [-0.25, -0.2) is 14.2 Å². The van der Waals surface area contributed by atoms with Crippen LogP contribution in [0.3, 0.4) is 0 Å². The molecule has 1 aromatic carbocycles. The van der Waals surface area contributed by atoms with E-state index in [2.05, 4.69) is 4.98 Å². The third kappa shape index (κ3) is 3.52. The van der Waals surface area contributed by atoms with Gasteiger partial charge in [-0.05, 0) is 57.1 Å². The van der Waals surface area contributed by atoms with Crippen molar-refractivity contribution in [3.8, 4) is 0 Å². The van der Waals surface area contributed by atoms with Crippen molar-refractivity contribution in [1.82, 2.24) is 19.4 Å². The van der Waals surface area contributed by atoms with Crippen molar-refractivity contribution in [2.24, 2.45) is 7.05 Å². The number of hydrogen-bond acceptors (Lipinski definition) is 5. The van der Waals surface area contributed by atoms with Gasteiger partial charge >= 0.3 is 6.09 Å². The van der Waals surface area contributed by atoms with Gasteiger partial charge in [0.1, 0.15) is 12.3 Å². The molecule has 9 heteroatoms. The number of likely N-dealkylation sites (tertiary alicyclic amines) is 1. The maximum absolute atomic E-state index is 15.1. The van der Waals surface area contributed by atoms with Gasteiger partial charge in [-0.1, -0.05) is 6.07 Å². The zero-order valence-electron chi connectivity index (χ0n) is 18.7. The van der Waals surface area contributed by atoms with E-state index in [1.54, 1.807) is 16.5 Å². The first kappa shape index (κ1) is 21.2. The van der Waals surface area contributed by atoms with Gasteiger partial charge in [0.25, 0.3) is 5.91 Å². The molecule has 1 N–H and O–H groups in total. The number of rotatable bonds is 4. The van der Waals surface area contributed by atoms with Crippen LogP contribution in [0.25, 0.3) is 11.0 Å². The minimum Gasteiger partial charge on any atom is -0.445 e. The summed E-state index contributed by atoms with van der Waals surface area (Å²) in [5.74, 6) is 0.543. The number of benzene rings is 1. The van der Waals surface area contributed by atoms with Crippen molar-refractivity contribution >= 4 is 23.0 Å². The van der Waals surface area contributed by atoms with Gasteiger partial charge in [0, 0.05) is 31.7 Å². The van der Waals surface area contributed by atoms with Crippen molar-refractivity contribution in [3.63, 3.8) is 0 Å². The quantitative estimate of drug-likeness (QED) is 0.783. The van der Waals surface area contributed by atoms with E-state index in [1.165, 1.54) is 18.7 Å². The number of imidazole rings is 1. The first-order valence-corrected chi connectivity index (χ1v) is 11.3. The van der Waals surface area contributed by atoms with Crippen molar-refractivity contribution < 1.29 is 23.8 Å². The summed E-state index contributed by atoms with van der Waals surface area (Å²) < 4.78 is 21.7. The minimum absolute atomic E-state index is 0.0199. The smallest absolute Gasteiger partial charge is 0.412 e. The number of aryl methyl sites for hydroxylation is 1. The Hall–Kier alpha value is -2.68. The summed E-state index contributed by atoms with van der Waals surface area (Å²) >= 11 is 0. The summed E-state index contributed by atoms with van der Waals surface area (Å²) in [5, 5.41) is 9.99. The molecule has 1 saturated carbocycles. The number of aliphatic hydroxyl groups is 1. The molecule has 3 fully saturated rings. The summed E-state index contributed by atoms with van der Waals surface area (Å²) in [6.45, 7) is 3.91.